The molecule has 1 saturated carbocycles. The second-order valence-corrected chi connectivity index (χ2v) is 9.65. The van der Waals surface area contributed by atoms with Crippen molar-refractivity contribution >= 4 is 17.6 Å². The van der Waals surface area contributed by atoms with Crippen molar-refractivity contribution in [1.82, 2.24) is 10.2 Å². The van der Waals surface area contributed by atoms with E-state index in [0.29, 0.717) is 24.7 Å². The van der Waals surface area contributed by atoms with Gasteiger partial charge >= 0.3 is 0 Å². The Morgan fingerprint density at radius 1 is 1.20 bits per heavy atom. The van der Waals surface area contributed by atoms with Crippen LogP contribution < -0.4 is 10.6 Å². The minimum Gasteiger partial charge on any atom is -0.506 e. The van der Waals surface area contributed by atoms with Crippen LogP contribution in [0, 0.1) is 0 Å². The Balaban J connectivity index is 1.68. The zero-order valence-electron chi connectivity index (χ0n) is 18.8. The highest BCUT2D eigenvalue weighted by Gasteiger charge is 2.20. The SMILES string of the molecule is CC(C)(C)c1ccc(O)c(NC(=NCCCN2CCCC2=O)NC2CCCCC2)c1. The molecule has 0 unspecified atom stereocenters. The minimum atomic E-state index is 0.000496. The predicted molar refractivity (Wildman–Crippen MR) is 123 cm³/mol. The molecule has 0 bridgehead atoms. The Bertz CT molecular complexity index is 748. The first-order chi connectivity index (χ1) is 14.3. The Kier molecular flexibility index (Phi) is 7.62. The normalized spacial score (nSPS) is 18.7. The van der Waals surface area contributed by atoms with Gasteiger partial charge in [-0.05, 0) is 48.8 Å². The van der Waals surface area contributed by atoms with Gasteiger partial charge in [-0.1, -0.05) is 46.1 Å². The van der Waals surface area contributed by atoms with Crippen molar-refractivity contribution in [3.05, 3.63) is 23.8 Å². The van der Waals surface area contributed by atoms with E-state index in [1.807, 2.05) is 17.0 Å². The Hall–Kier alpha value is -2.24. The number of phenols is 1. The Morgan fingerprint density at radius 3 is 2.63 bits per heavy atom. The molecule has 1 aromatic rings. The molecule has 0 radical (unpaired) electrons. The maximum Gasteiger partial charge on any atom is 0.222 e. The lowest BCUT2D eigenvalue weighted by molar-refractivity contribution is -0.127. The van der Waals surface area contributed by atoms with Gasteiger partial charge in [0.1, 0.15) is 5.75 Å². The standard InChI is InChI=1S/C24H38N4O2/c1-24(2,3)18-12-13-21(29)20(17-18)27-23(26-19-9-5-4-6-10-19)25-14-8-16-28-15-7-11-22(28)30/h12-13,17,19,29H,4-11,14-16H2,1-3H3,(H2,25,26,27). The number of phenolic OH excluding ortho intramolecular Hbond substituents is 1. The average Bonchev–Trinajstić information content (AvgIpc) is 3.11. The van der Waals surface area contributed by atoms with Crippen molar-refractivity contribution in [1.29, 1.82) is 0 Å². The topological polar surface area (TPSA) is 77.0 Å². The van der Waals surface area contributed by atoms with E-state index >= 15 is 0 Å². The Morgan fingerprint density at radius 2 is 1.97 bits per heavy atom. The first kappa shape index (κ1) is 22.4. The van der Waals surface area contributed by atoms with Gasteiger partial charge in [-0.3, -0.25) is 9.79 Å². The molecule has 2 fully saturated rings. The molecule has 0 spiro atoms. The molecule has 1 amide bonds. The number of nitrogens with zero attached hydrogens (tertiary/aromatic N) is 2. The summed E-state index contributed by atoms with van der Waals surface area (Å²) in [5.41, 5.74) is 1.84. The quantitative estimate of drug-likeness (QED) is 0.279. The number of benzene rings is 1. The van der Waals surface area contributed by atoms with E-state index in [2.05, 4.69) is 31.4 Å². The number of amides is 1. The maximum absolute atomic E-state index is 11.8. The lowest BCUT2D eigenvalue weighted by Crippen LogP contribution is -2.40. The van der Waals surface area contributed by atoms with Crippen LogP contribution in [-0.2, 0) is 10.2 Å². The first-order valence-electron chi connectivity index (χ1n) is 11.5. The monoisotopic (exact) mass is 414 g/mol. The number of aliphatic imine (C=N–C) groups is 1. The van der Waals surface area contributed by atoms with Crippen LogP contribution in [0.25, 0.3) is 0 Å². The second kappa shape index (κ2) is 10.2. The number of rotatable bonds is 6. The third kappa shape index (κ3) is 6.38. The third-order valence-corrected chi connectivity index (χ3v) is 6.09. The summed E-state index contributed by atoms with van der Waals surface area (Å²) < 4.78 is 0. The van der Waals surface area contributed by atoms with Gasteiger partial charge in [0.2, 0.25) is 5.91 Å². The number of hydrogen-bond acceptors (Lipinski definition) is 3. The van der Waals surface area contributed by atoms with Crippen LogP contribution in [0.5, 0.6) is 5.75 Å². The van der Waals surface area contributed by atoms with Gasteiger partial charge in [0.05, 0.1) is 5.69 Å². The van der Waals surface area contributed by atoms with Crippen LogP contribution in [0.4, 0.5) is 5.69 Å². The van der Waals surface area contributed by atoms with Crippen molar-refractivity contribution in [3.63, 3.8) is 0 Å². The van der Waals surface area contributed by atoms with Crippen molar-refractivity contribution in [2.75, 3.05) is 25.0 Å². The van der Waals surface area contributed by atoms with Crippen molar-refractivity contribution in [2.24, 2.45) is 4.99 Å². The molecule has 30 heavy (non-hydrogen) atoms. The molecule has 166 valence electrons. The van der Waals surface area contributed by atoms with Gasteiger partial charge in [0.15, 0.2) is 5.96 Å². The van der Waals surface area contributed by atoms with Crippen LogP contribution in [0.15, 0.2) is 23.2 Å². The highest BCUT2D eigenvalue weighted by atomic mass is 16.3. The van der Waals surface area contributed by atoms with Crippen LogP contribution in [0.3, 0.4) is 0 Å². The van der Waals surface area contributed by atoms with Gasteiger partial charge in [-0.25, -0.2) is 0 Å². The number of anilines is 1. The molecule has 2 aliphatic rings. The van der Waals surface area contributed by atoms with Crippen molar-refractivity contribution < 1.29 is 9.90 Å². The number of nitrogens with one attached hydrogen (secondary N) is 2. The smallest absolute Gasteiger partial charge is 0.222 e. The van der Waals surface area contributed by atoms with E-state index in [4.69, 9.17) is 4.99 Å². The van der Waals surface area contributed by atoms with E-state index in [1.165, 1.54) is 19.3 Å². The molecule has 3 rings (SSSR count). The summed E-state index contributed by atoms with van der Waals surface area (Å²) in [5, 5.41) is 17.3. The fourth-order valence-corrected chi connectivity index (χ4v) is 4.18. The zero-order chi connectivity index (χ0) is 21.6. The largest absolute Gasteiger partial charge is 0.506 e. The summed E-state index contributed by atoms with van der Waals surface area (Å²) in [6.45, 7) is 8.78. The highest BCUT2D eigenvalue weighted by molar-refractivity contribution is 5.95. The number of carbonyl (C=O) groups is 1. The van der Waals surface area contributed by atoms with Gasteiger partial charge in [-0.2, -0.15) is 0 Å². The van der Waals surface area contributed by atoms with Gasteiger partial charge in [0.25, 0.3) is 0 Å². The van der Waals surface area contributed by atoms with Crippen LogP contribution in [0.2, 0.25) is 0 Å². The molecule has 6 nitrogen and oxygen atoms in total. The third-order valence-electron chi connectivity index (χ3n) is 6.09. The average molecular weight is 415 g/mol. The molecule has 3 N–H and O–H groups in total. The Labute approximate surface area is 181 Å². The van der Waals surface area contributed by atoms with Crippen LogP contribution in [0.1, 0.15) is 77.7 Å². The first-order valence-corrected chi connectivity index (χ1v) is 11.5. The molecular weight excluding hydrogens is 376 g/mol. The summed E-state index contributed by atoms with van der Waals surface area (Å²) in [6, 6.07) is 6.15. The zero-order valence-corrected chi connectivity index (χ0v) is 18.8. The molecule has 1 aliphatic heterocycles. The van der Waals surface area contributed by atoms with E-state index in [1.54, 1.807) is 6.07 Å². The molecule has 0 aromatic heterocycles. The maximum atomic E-state index is 11.8. The fourth-order valence-electron chi connectivity index (χ4n) is 4.18. The lowest BCUT2D eigenvalue weighted by atomic mass is 9.87. The van der Waals surface area contributed by atoms with Crippen LogP contribution >= 0.6 is 0 Å². The predicted octanol–water partition coefficient (Wildman–Crippen LogP) is 4.39. The minimum absolute atomic E-state index is 0.000496. The van der Waals surface area contributed by atoms with E-state index < -0.39 is 0 Å². The van der Waals surface area contributed by atoms with Gasteiger partial charge in [0, 0.05) is 32.1 Å². The van der Waals surface area contributed by atoms with Gasteiger partial charge in [-0.15, -0.1) is 0 Å². The summed E-state index contributed by atoms with van der Waals surface area (Å²) in [7, 11) is 0. The van der Waals surface area contributed by atoms with Crippen molar-refractivity contribution in [3.8, 4) is 5.75 Å². The summed E-state index contributed by atoms with van der Waals surface area (Å²) in [4.78, 5) is 18.5. The molecule has 1 aromatic carbocycles. The fraction of sp³-hybridized carbons (Fsp3) is 0.667. The number of likely N-dealkylation sites (tertiary alicyclic amines) is 1. The summed E-state index contributed by atoms with van der Waals surface area (Å²) in [6.07, 6.45) is 8.59. The second-order valence-electron chi connectivity index (χ2n) is 9.65. The number of hydrogen-bond donors (Lipinski definition) is 3. The van der Waals surface area contributed by atoms with Gasteiger partial charge < -0.3 is 20.6 Å². The summed E-state index contributed by atoms with van der Waals surface area (Å²) >= 11 is 0. The summed E-state index contributed by atoms with van der Waals surface area (Å²) in [5.74, 6) is 1.21. The molecule has 6 heteroatoms. The molecule has 1 heterocycles. The molecule has 1 aliphatic carbocycles. The number of aromatic hydroxyl groups is 1. The highest BCUT2D eigenvalue weighted by Crippen LogP contribution is 2.30. The van der Waals surface area contributed by atoms with Crippen molar-refractivity contribution in [2.45, 2.75) is 83.6 Å². The lowest BCUT2D eigenvalue weighted by Gasteiger charge is -2.26. The number of guanidine groups is 1. The van der Waals surface area contributed by atoms with E-state index in [-0.39, 0.29) is 17.1 Å². The van der Waals surface area contributed by atoms with E-state index in [9.17, 15) is 9.90 Å². The number of carbonyl (C=O) groups excluding carboxylic acids is 1. The molecule has 0 atom stereocenters. The molecule has 1 saturated heterocycles. The molecular formula is C24H38N4O2. The van der Waals surface area contributed by atoms with E-state index in [0.717, 1.165) is 50.3 Å². The van der Waals surface area contributed by atoms with Crippen LogP contribution in [-0.4, -0.2) is 47.5 Å².